The molecule has 3 rings (SSSR count). The molecule has 1 fully saturated rings. The minimum Gasteiger partial charge on any atom is -0.481 e. The van der Waals surface area contributed by atoms with Gasteiger partial charge in [0.1, 0.15) is 5.69 Å². The Labute approximate surface area is 145 Å². The molecule has 1 aliphatic rings. The zero-order valence-corrected chi connectivity index (χ0v) is 14.7. The number of hydrogen-bond acceptors (Lipinski definition) is 5. The number of aromatic nitrogens is 4. The Morgan fingerprint density at radius 1 is 1.36 bits per heavy atom. The molecule has 7 nitrogen and oxygen atoms in total. The molecule has 0 amide bonds. The van der Waals surface area contributed by atoms with E-state index in [-0.39, 0.29) is 11.6 Å². The highest BCUT2D eigenvalue weighted by atomic mass is 19.1. The molecule has 1 aliphatic heterocycles. The van der Waals surface area contributed by atoms with Gasteiger partial charge in [0.15, 0.2) is 5.82 Å². The van der Waals surface area contributed by atoms with Crippen LogP contribution in [0.1, 0.15) is 31.0 Å². The number of aliphatic carboxylic acids is 1. The van der Waals surface area contributed by atoms with Crippen molar-refractivity contribution < 1.29 is 14.3 Å². The molecular weight excluding hydrogens is 325 g/mol. The maximum Gasteiger partial charge on any atom is 0.306 e. The number of carboxylic acid groups (broad SMARTS) is 1. The first kappa shape index (κ1) is 17.3. The number of halogens is 1. The molecule has 25 heavy (non-hydrogen) atoms. The Morgan fingerprint density at radius 3 is 2.56 bits per heavy atom. The van der Waals surface area contributed by atoms with E-state index >= 15 is 0 Å². The van der Waals surface area contributed by atoms with Gasteiger partial charge in [-0.05, 0) is 31.7 Å². The molecule has 1 saturated heterocycles. The average Bonchev–Trinajstić information content (AvgIpc) is 2.94. The van der Waals surface area contributed by atoms with Crippen LogP contribution in [0, 0.1) is 18.7 Å². The van der Waals surface area contributed by atoms with Crippen molar-refractivity contribution >= 4 is 11.9 Å². The molecule has 0 aliphatic carbocycles. The average molecular weight is 347 g/mol. The van der Waals surface area contributed by atoms with Gasteiger partial charge in [-0.25, -0.2) is 14.4 Å². The summed E-state index contributed by atoms with van der Waals surface area (Å²) < 4.78 is 16.5. The smallest absolute Gasteiger partial charge is 0.306 e. The topological polar surface area (TPSA) is 84.1 Å². The molecule has 0 radical (unpaired) electrons. The van der Waals surface area contributed by atoms with Crippen molar-refractivity contribution in [3.8, 4) is 11.4 Å². The second kappa shape index (κ2) is 6.78. The van der Waals surface area contributed by atoms with Gasteiger partial charge < -0.3 is 10.0 Å². The van der Waals surface area contributed by atoms with E-state index in [1.165, 1.54) is 0 Å². The largest absolute Gasteiger partial charge is 0.481 e. The van der Waals surface area contributed by atoms with E-state index in [1.807, 2.05) is 18.7 Å². The van der Waals surface area contributed by atoms with Gasteiger partial charge in [0.25, 0.3) is 0 Å². The molecule has 0 aromatic carbocycles. The van der Waals surface area contributed by atoms with Crippen LogP contribution in [0.5, 0.6) is 0 Å². The maximum atomic E-state index is 14.8. The minimum absolute atomic E-state index is 0.250. The summed E-state index contributed by atoms with van der Waals surface area (Å²) in [5.41, 5.74) is 2.09. The number of piperidine rings is 1. The third-order valence-corrected chi connectivity index (χ3v) is 4.72. The van der Waals surface area contributed by atoms with Crippen LogP contribution in [0.25, 0.3) is 11.4 Å². The standard InChI is InChI=1S/C17H22FN5O2/c1-4-12-13(18)14(15-10(2)9-19-22(15)3)21-17(20-12)23-7-5-11(6-8-23)16(24)25/h9,11H,4-8H2,1-3H3,(H,24,25). The minimum atomic E-state index is -0.764. The number of carboxylic acids is 1. The highest BCUT2D eigenvalue weighted by Gasteiger charge is 2.27. The number of anilines is 1. The molecule has 3 heterocycles. The van der Waals surface area contributed by atoms with Crippen LogP contribution in [-0.4, -0.2) is 43.9 Å². The summed E-state index contributed by atoms with van der Waals surface area (Å²) in [6.45, 7) is 4.82. The van der Waals surface area contributed by atoms with Gasteiger partial charge >= 0.3 is 5.97 Å². The maximum absolute atomic E-state index is 14.8. The summed E-state index contributed by atoms with van der Waals surface area (Å²) in [5.74, 6) is -1.06. The monoisotopic (exact) mass is 347 g/mol. The summed E-state index contributed by atoms with van der Waals surface area (Å²) in [5, 5.41) is 13.3. The fourth-order valence-electron chi connectivity index (χ4n) is 3.23. The van der Waals surface area contributed by atoms with Crippen molar-refractivity contribution in [1.82, 2.24) is 19.7 Å². The van der Waals surface area contributed by atoms with Gasteiger partial charge in [-0.3, -0.25) is 9.48 Å². The van der Waals surface area contributed by atoms with E-state index in [0.717, 1.165) is 5.56 Å². The molecule has 0 bridgehead atoms. The lowest BCUT2D eigenvalue weighted by Crippen LogP contribution is -2.37. The first-order chi connectivity index (χ1) is 11.9. The van der Waals surface area contributed by atoms with Crippen LogP contribution in [0.15, 0.2) is 6.20 Å². The molecule has 1 N–H and O–H groups in total. The van der Waals surface area contributed by atoms with Gasteiger partial charge in [-0.15, -0.1) is 0 Å². The molecule has 8 heteroatoms. The number of carbonyl (C=O) groups is 1. The third kappa shape index (κ3) is 3.20. The van der Waals surface area contributed by atoms with Crippen LogP contribution in [-0.2, 0) is 18.3 Å². The lowest BCUT2D eigenvalue weighted by molar-refractivity contribution is -0.142. The van der Waals surface area contributed by atoms with Crippen molar-refractivity contribution in [2.75, 3.05) is 18.0 Å². The van der Waals surface area contributed by atoms with E-state index in [1.54, 1.807) is 17.9 Å². The number of nitrogens with zero attached hydrogens (tertiary/aromatic N) is 5. The van der Waals surface area contributed by atoms with Crippen molar-refractivity contribution in [2.24, 2.45) is 13.0 Å². The second-order valence-electron chi connectivity index (χ2n) is 6.39. The molecule has 0 spiro atoms. The van der Waals surface area contributed by atoms with Gasteiger partial charge in [0.05, 0.1) is 23.5 Å². The molecular formula is C17H22FN5O2. The highest BCUT2D eigenvalue weighted by Crippen LogP contribution is 2.29. The normalized spacial score (nSPS) is 15.6. The lowest BCUT2D eigenvalue weighted by Gasteiger charge is -2.30. The van der Waals surface area contributed by atoms with Crippen molar-refractivity contribution in [3.63, 3.8) is 0 Å². The SMILES string of the molecule is CCc1nc(N2CCC(C(=O)O)CC2)nc(-c2c(C)cnn2C)c1F. The Bertz CT molecular complexity index is 777. The Morgan fingerprint density at radius 2 is 2.04 bits per heavy atom. The summed E-state index contributed by atoms with van der Waals surface area (Å²) in [7, 11) is 1.76. The van der Waals surface area contributed by atoms with Crippen LogP contribution >= 0.6 is 0 Å². The fourth-order valence-corrected chi connectivity index (χ4v) is 3.23. The third-order valence-electron chi connectivity index (χ3n) is 4.72. The second-order valence-corrected chi connectivity index (χ2v) is 6.39. The van der Waals surface area contributed by atoms with Crippen LogP contribution in [0.3, 0.4) is 0 Å². The molecule has 0 saturated carbocycles. The zero-order chi connectivity index (χ0) is 18.1. The predicted molar refractivity (Wildman–Crippen MR) is 90.9 cm³/mol. The van der Waals surface area contributed by atoms with Gasteiger partial charge in [0.2, 0.25) is 5.95 Å². The highest BCUT2D eigenvalue weighted by molar-refractivity contribution is 5.70. The van der Waals surface area contributed by atoms with Crippen molar-refractivity contribution in [3.05, 3.63) is 23.3 Å². The van der Waals surface area contributed by atoms with Gasteiger partial charge in [-0.1, -0.05) is 6.92 Å². The Balaban J connectivity index is 1.99. The quantitative estimate of drug-likeness (QED) is 0.913. The van der Waals surface area contributed by atoms with E-state index in [0.29, 0.717) is 49.7 Å². The summed E-state index contributed by atoms with van der Waals surface area (Å²) in [4.78, 5) is 21.9. The number of aryl methyl sites for hydroxylation is 3. The fraction of sp³-hybridized carbons (Fsp3) is 0.529. The Kier molecular flexibility index (Phi) is 4.69. The van der Waals surface area contributed by atoms with E-state index in [2.05, 4.69) is 15.1 Å². The summed E-state index contributed by atoms with van der Waals surface area (Å²) in [6, 6.07) is 0. The van der Waals surface area contributed by atoms with Crippen LogP contribution in [0.2, 0.25) is 0 Å². The van der Waals surface area contributed by atoms with E-state index in [4.69, 9.17) is 5.11 Å². The van der Waals surface area contributed by atoms with E-state index < -0.39 is 11.8 Å². The van der Waals surface area contributed by atoms with Crippen LogP contribution in [0.4, 0.5) is 10.3 Å². The first-order valence-corrected chi connectivity index (χ1v) is 8.45. The predicted octanol–water partition coefficient (Wildman–Crippen LogP) is 2.19. The van der Waals surface area contributed by atoms with Gasteiger partial charge in [0, 0.05) is 20.1 Å². The van der Waals surface area contributed by atoms with Crippen LogP contribution < -0.4 is 4.90 Å². The summed E-state index contributed by atoms with van der Waals surface area (Å²) >= 11 is 0. The zero-order valence-electron chi connectivity index (χ0n) is 14.7. The summed E-state index contributed by atoms with van der Waals surface area (Å²) in [6.07, 6.45) is 3.21. The van der Waals surface area contributed by atoms with Crippen molar-refractivity contribution in [1.29, 1.82) is 0 Å². The Hall–Kier alpha value is -2.51. The molecule has 0 unspecified atom stereocenters. The molecule has 2 aromatic heterocycles. The van der Waals surface area contributed by atoms with Crippen molar-refractivity contribution in [2.45, 2.75) is 33.1 Å². The number of rotatable bonds is 4. The lowest BCUT2D eigenvalue weighted by atomic mass is 9.97. The van der Waals surface area contributed by atoms with E-state index in [9.17, 15) is 9.18 Å². The van der Waals surface area contributed by atoms with Gasteiger partial charge in [-0.2, -0.15) is 5.10 Å². The molecule has 134 valence electrons. The number of hydrogen-bond donors (Lipinski definition) is 1. The first-order valence-electron chi connectivity index (χ1n) is 8.45. The molecule has 0 atom stereocenters. The molecule has 2 aromatic rings.